The van der Waals surface area contributed by atoms with Crippen LogP contribution in [0.25, 0.3) is 16.8 Å². The van der Waals surface area contributed by atoms with E-state index in [1.54, 1.807) is 7.11 Å². The van der Waals surface area contributed by atoms with E-state index in [4.69, 9.17) is 16.3 Å². The van der Waals surface area contributed by atoms with Crippen molar-refractivity contribution in [2.24, 2.45) is 0 Å². The molecule has 88 valence electrons. The van der Waals surface area contributed by atoms with Gasteiger partial charge in [0.15, 0.2) is 0 Å². The van der Waals surface area contributed by atoms with Gasteiger partial charge in [-0.15, -0.1) is 11.6 Å². The molecule has 2 aromatic carbocycles. The molecular weight excluding hydrogens is 232 g/mol. The van der Waals surface area contributed by atoms with Crippen LogP contribution in [-0.4, -0.2) is 13.0 Å². The first-order valence-corrected chi connectivity index (χ1v) is 6.08. The number of halogens is 1. The number of alkyl halides is 1. The number of hydrogen-bond donors (Lipinski definition) is 0. The zero-order chi connectivity index (χ0) is 12.3. The van der Waals surface area contributed by atoms with Crippen molar-refractivity contribution in [2.45, 2.75) is 6.92 Å². The lowest BCUT2D eigenvalue weighted by atomic mass is 10.0. The molecule has 2 heteroatoms. The summed E-state index contributed by atoms with van der Waals surface area (Å²) in [5.41, 5.74) is 2.33. The first kappa shape index (κ1) is 12.0. The molecule has 1 nitrogen and oxygen atoms in total. The second-order valence-corrected chi connectivity index (χ2v) is 4.29. The van der Waals surface area contributed by atoms with Gasteiger partial charge in [0.25, 0.3) is 0 Å². The van der Waals surface area contributed by atoms with Gasteiger partial charge in [-0.1, -0.05) is 42.0 Å². The smallest absolute Gasteiger partial charge is 0.126 e. The summed E-state index contributed by atoms with van der Waals surface area (Å²) >= 11 is 5.82. The number of benzene rings is 2. The van der Waals surface area contributed by atoms with Crippen LogP contribution in [0.3, 0.4) is 0 Å². The second-order valence-electron chi connectivity index (χ2n) is 4.03. The topological polar surface area (TPSA) is 9.23 Å². The number of ether oxygens (including phenoxy) is 1. The van der Waals surface area contributed by atoms with Crippen LogP contribution in [0.1, 0.15) is 12.5 Å². The standard InChI is InChI=1S/C15H15ClO/c1-11(10-16)9-12-7-8-15(17-2)14-6-4-3-5-13(12)14/h3-9H,10H2,1-2H3. The molecule has 0 amide bonds. The van der Waals surface area contributed by atoms with Crippen LogP contribution >= 0.6 is 11.6 Å². The number of hydrogen-bond acceptors (Lipinski definition) is 1. The van der Waals surface area contributed by atoms with Crippen LogP contribution in [-0.2, 0) is 0 Å². The summed E-state index contributed by atoms with van der Waals surface area (Å²) in [5.74, 6) is 1.46. The molecule has 0 heterocycles. The van der Waals surface area contributed by atoms with E-state index in [2.05, 4.69) is 24.3 Å². The van der Waals surface area contributed by atoms with Gasteiger partial charge in [0.2, 0.25) is 0 Å². The second kappa shape index (κ2) is 5.24. The van der Waals surface area contributed by atoms with Crippen molar-refractivity contribution in [1.29, 1.82) is 0 Å². The van der Waals surface area contributed by atoms with E-state index in [0.29, 0.717) is 5.88 Å². The van der Waals surface area contributed by atoms with Crippen LogP contribution in [0.2, 0.25) is 0 Å². The summed E-state index contributed by atoms with van der Waals surface area (Å²) in [6, 6.07) is 12.3. The fraction of sp³-hybridized carbons (Fsp3) is 0.200. The number of allylic oxidation sites excluding steroid dienone is 1. The Kier molecular flexibility index (Phi) is 3.70. The molecule has 0 spiro atoms. The fourth-order valence-corrected chi connectivity index (χ4v) is 1.98. The van der Waals surface area contributed by atoms with Crippen LogP contribution in [0, 0.1) is 0 Å². The molecule has 17 heavy (non-hydrogen) atoms. The van der Waals surface area contributed by atoms with E-state index in [1.807, 2.05) is 25.1 Å². The summed E-state index contributed by atoms with van der Waals surface area (Å²) in [6.07, 6.45) is 2.12. The third kappa shape index (κ3) is 2.45. The van der Waals surface area contributed by atoms with E-state index < -0.39 is 0 Å². The van der Waals surface area contributed by atoms with Crippen molar-refractivity contribution in [3.63, 3.8) is 0 Å². The van der Waals surface area contributed by atoms with Gasteiger partial charge in [0, 0.05) is 11.3 Å². The van der Waals surface area contributed by atoms with Gasteiger partial charge < -0.3 is 4.74 Å². The van der Waals surface area contributed by atoms with Gasteiger partial charge >= 0.3 is 0 Å². The van der Waals surface area contributed by atoms with E-state index >= 15 is 0 Å². The Bertz CT molecular complexity index is 558. The summed E-state index contributed by atoms with van der Waals surface area (Å²) < 4.78 is 5.37. The fourth-order valence-electron chi connectivity index (χ4n) is 1.90. The molecule has 2 aromatic rings. The normalized spacial score (nSPS) is 11.8. The van der Waals surface area contributed by atoms with Crippen LogP contribution in [0.5, 0.6) is 5.75 Å². The molecule has 0 fully saturated rings. The molecule has 0 aromatic heterocycles. The number of fused-ring (bicyclic) bond motifs is 1. The summed E-state index contributed by atoms with van der Waals surface area (Å²) in [6.45, 7) is 2.03. The molecule has 0 atom stereocenters. The number of methoxy groups -OCH3 is 1. The zero-order valence-electron chi connectivity index (χ0n) is 10.0. The van der Waals surface area contributed by atoms with E-state index in [9.17, 15) is 0 Å². The highest BCUT2D eigenvalue weighted by molar-refractivity contribution is 6.19. The third-order valence-corrected chi connectivity index (χ3v) is 3.17. The van der Waals surface area contributed by atoms with E-state index in [1.165, 1.54) is 10.9 Å². The maximum absolute atomic E-state index is 5.82. The van der Waals surface area contributed by atoms with Crippen molar-refractivity contribution in [2.75, 3.05) is 13.0 Å². The Morgan fingerprint density at radius 1 is 1.18 bits per heavy atom. The van der Waals surface area contributed by atoms with Crippen molar-refractivity contribution in [3.8, 4) is 5.75 Å². The van der Waals surface area contributed by atoms with E-state index in [0.717, 1.165) is 16.7 Å². The molecule has 0 aliphatic rings. The average Bonchev–Trinajstić information content (AvgIpc) is 2.39. The molecule has 0 saturated heterocycles. The predicted octanol–water partition coefficient (Wildman–Crippen LogP) is 4.49. The maximum atomic E-state index is 5.82. The molecule has 0 radical (unpaired) electrons. The van der Waals surface area contributed by atoms with Gasteiger partial charge in [-0.25, -0.2) is 0 Å². The quantitative estimate of drug-likeness (QED) is 0.725. The highest BCUT2D eigenvalue weighted by atomic mass is 35.5. The number of rotatable bonds is 3. The molecule has 0 bridgehead atoms. The molecule has 2 rings (SSSR count). The first-order valence-electron chi connectivity index (χ1n) is 5.55. The Hall–Kier alpha value is -1.47. The maximum Gasteiger partial charge on any atom is 0.126 e. The van der Waals surface area contributed by atoms with Crippen LogP contribution in [0.4, 0.5) is 0 Å². The summed E-state index contributed by atoms with van der Waals surface area (Å²) in [7, 11) is 1.70. The van der Waals surface area contributed by atoms with Gasteiger partial charge in [-0.3, -0.25) is 0 Å². The van der Waals surface area contributed by atoms with Gasteiger partial charge in [0.05, 0.1) is 7.11 Å². The Balaban J connectivity index is 2.67. The van der Waals surface area contributed by atoms with Crippen molar-refractivity contribution in [3.05, 3.63) is 47.5 Å². The predicted molar refractivity (Wildman–Crippen MR) is 74.9 cm³/mol. The molecule has 0 unspecified atom stereocenters. The lowest BCUT2D eigenvalue weighted by Crippen LogP contribution is -1.87. The average molecular weight is 247 g/mol. The highest BCUT2D eigenvalue weighted by Gasteiger charge is 2.04. The Morgan fingerprint density at radius 2 is 1.88 bits per heavy atom. The summed E-state index contributed by atoms with van der Waals surface area (Å²) in [4.78, 5) is 0. The Morgan fingerprint density at radius 3 is 2.53 bits per heavy atom. The molecular formula is C15H15ClO. The van der Waals surface area contributed by atoms with E-state index in [-0.39, 0.29) is 0 Å². The van der Waals surface area contributed by atoms with Crippen LogP contribution < -0.4 is 4.74 Å². The zero-order valence-corrected chi connectivity index (χ0v) is 10.8. The minimum atomic E-state index is 0.556. The molecule has 0 aliphatic carbocycles. The first-order chi connectivity index (χ1) is 8.26. The SMILES string of the molecule is COc1ccc(C=C(C)CCl)c2ccccc12. The third-order valence-electron chi connectivity index (χ3n) is 2.75. The molecule has 0 N–H and O–H groups in total. The summed E-state index contributed by atoms with van der Waals surface area (Å²) in [5, 5.41) is 2.32. The lowest BCUT2D eigenvalue weighted by molar-refractivity contribution is 0.420. The molecule has 0 aliphatic heterocycles. The van der Waals surface area contributed by atoms with Gasteiger partial charge in [-0.2, -0.15) is 0 Å². The van der Waals surface area contributed by atoms with Gasteiger partial charge in [-0.05, 0) is 23.9 Å². The van der Waals surface area contributed by atoms with Crippen molar-refractivity contribution >= 4 is 28.4 Å². The minimum absolute atomic E-state index is 0.556. The minimum Gasteiger partial charge on any atom is -0.496 e. The van der Waals surface area contributed by atoms with Crippen molar-refractivity contribution in [1.82, 2.24) is 0 Å². The monoisotopic (exact) mass is 246 g/mol. The molecule has 0 saturated carbocycles. The lowest BCUT2D eigenvalue weighted by Gasteiger charge is -2.08. The Labute approximate surface area is 107 Å². The van der Waals surface area contributed by atoms with Crippen molar-refractivity contribution < 1.29 is 4.74 Å². The van der Waals surface area contributed by atoms with Crippen LogP contribution in [0.15, 0.2) is 42.0 Å². The highest BCUT2D eigenvalue weighted by Crippen LogP contribution is 2.29. The van der Waals surface area contributed by atoms with Gasteiger partial charge in [0.1, 0.15) is 5.75 Å². The largest absolute Gasteiger partial charge is 0.496 e.